The van der Waals surface area contributed by atoms with Crippen LogP contribution < -0.4 is 4.74 Å². The molecule has 0 saturated carbocycles. The van der Waals surface area contributed by atoms with Gasteiger partial charge in [-0.15, -0.1) is 0 Å². The Morgan fingerprint density at radius 2 is 1.88 bits per heavy atom. The molecule has 0 atom stereocenters. The van der Waals surface area contributed by atoms with E-state index >= 15 is 0 Å². The van der Waals surface area contributed by atoms with E-state index in [2.05, 4.69) is 6.58 Å². The molecule has 1 aromatic rings. The van der Waals surface area contributed by atoms with Crippen LogP contribution in [0.5, 0.6) is 11.5 Å². The van der Waals surface area contributed by atoms with Gasteiger partial charge in [0.25, 0.3) is 0 Å². The molecule has 0 aliphatic rings. The zero-order chi connectivity index (χ0) is 12.5. The highest BCUT2D eigenvalue weighted by molar-refractivity contribution is 5.89. The third kappa shape index (κ3) is 2.24. The highest BCUT2D eigenvalue weighted by atomic mass is 16.5. The molecule has 1 N–H and O–H groups in total. The van der Waals surface area contributed by atoms with E-state index in [0.717, 1.165) is 16.7 Å². The summed E-state index contributed by atoms with van der Waals surface area (Å²) in [6.45, 7) is 10.5. The van der Waals surface area contributed by atoms with E-state index in [0.29, 0.717) is 11.3 Å². The van der Waals surface area contributed by atoms with Crippen LogP contribution in [0, 0.1) is 20.8 Å². The first kappa shape index (κ1) is 12.3. The lowest BCUT2D eigenvalue weighted by Crippen LogP contribution is -2.10. The highest BCUT2D eigenvalue weighted by Gasteiger charge is 2.14. The number of rotatable bonds is 2. The smallest absolute Gasteiger partial charge is 0.338 e. The van der Waals surface area contributed by atoms with Crippen molar-refractivity contribution in [2.24, 2.45) is 0 Å². The quantitative estimate of drug-likeness (QED) is 0.473. The van der Waals surface area contributed by atoms with Gasteiger partial charge in [-0.05, 0) is 50.5 Å². The second-order valence-corrected chi connectivity index (χ2v) is 3.96. The van der Waals surface area contributed by atoms with Gasteiger partial charge in [0, 0.05) is 5.57 Å². The molecular formula is C13H16O3. The zero-order valence-electron chi connectivity index (χ0n) is 10.0. The fraction of sp³-hybridized carbons (Fsp3) is 0.308. The second-order valence-electron chi connectivity index (χ2n) is 3.96. The minimum Gasteiger partial charge on any atom is -0.508 e. The Balaban J connectivity index is 3.19. The average Bonchev–Trinajstić information content (AvgIpc) is 2.20. The summed E-state index contributed by atoms with van der Waals surface area (Å²) in [4.78, 5) is 11.4. The Bertz CT molecular complexity index is 459. The molecule has 0 spiro atoms. The average molecular weight is 220 g/mol. The molecule has 16 heavy (non-hydrogen) atoms. The predicted molar refractivity (Wildman–Crippen MR) is 62.8 cm³/mol. The Hall–Kier alpha value is -1.77. The van der Waals surface area contributed by atoms with E-state index < -0.39 is 5.97 Å². The summed E-state index contributed by atoms with van der Waals surface area (Å²) in [5.74, 6) is 0.268. The van der Waals surface area contributed by atoms with Crippen LogP contribution in [0.4, 0.5) is 0 Å². The van der Waals surface area contributed by atoms with E-state index in [1.165, 1.54) is 0 Å². The van der Waals surface area contributed by atoms with Gasteiger partial charge in [-0.1, -0.05) is 6.58 Å². The van der Waals surface area contributed by atoms with E-state index in [-0.39, 0.29) is 5.75 Å². The first-order valence-electron chi connectivity index (χ1n) is 5.02. The molecule has 0 aromatic heterocycles. The molecule has 0 saturated heterocycles. The molecule has 0 amide bonds. The van der Waals surface area contributed by atoms with Crippen LogP contribution in [0.25, 0.3) is 0 Å². The minimum absolute atomic E-state index is 0.213. The summed E-state index contributed by atoms with van der Waals surface area (Å²) in [6, 6.07) is 1.59. The van der Waals surface area contributed by atoms with Crippen molar-refractivity contribution in [3.05, 3.63) is 34.9 Å². The number of benzene rings is 1. The molecule has 1 rings (SSSR count). The Morgan fingerprint density at radius 1 is 1.31 bits per heavy atom. The van der Waals surface area contributed by atoms with Gasteiger partial charge in [0.05, 0.1) is 0 Å². The van der Waals surface area contributed by atoms with Gasteiger partial charge in [-0.2, -0.15) is 0 Å². The van der Waals surface area contributed by atoms with E-state index in [1.54, 1.807) is 26.8 Å². The van der Waals surface area contributed by atoms with Gasteiger partial charge < -0.3 is 9.84 Å². The number of esters is 1. The van der Waals surface area contributed by atoms with E-state index in [4.69, 9.17) is 4.74 Å². The van der Waals surface area contributed by atoms with Crippen LogP contribution in [-0.2, 0) is 4.79 Å². The molecule has 3 nitrogen and oxygen atoms in total. The summed E-state index contributed by atoms with van der Waals surface area (Å²) >= 11 is 0. The van der Waals surface area contributed by atoms with Gasteiger partial charge in [0.1, 0.15) is 11.5 Å². The number of aryl methyl sites for hydroxylation is 1. The maximum atomic E-state index is 11.4. The number of hydrogen-bond donors (Lipinski definition) is 1. The van der Waals surface area contributed by atoms with Crippen LogP contribution in [0.15, 0.2) is 18.2 Å². The SMILES string of the molecule is C=C(C)C(=O)Oc1c(C)cc(O)c(C)c1C. The fourth-order valence-electron chi connectivity index (χ4n) is 1.37. The van der Waals surface area contributed by atoms with Gasteiger partial charge in [-0.3, -0.25) is 0 Å². The second kappa shape index (κ2) is 4.39. The van der Waals surface area contributed by atoms with Crippen molar-refractivity contribution < 1.29 is 14.6 Å². The normalized spacial score (nSPS) is 10.0. The molecular weight excluding hydrogens is 204 g/mol. The molecule has 0 unspecified atom stereocenters. The highest BCUT2D eigenvalue weighted by Crippen LogP contribution is 2.32. The third-order valence-electron chi connectivity index (χ3n) is 2.54. The first-order chi connectivity index (χ1) is 7.34. The summed E-state index contributed by atoms with van der Waals surface area (Å²) in [6.07, 6.45) is 0. The maximum absolute atomic E-state index is 11.4. The molecule has 0 radical (unpaired) electrons. The number of carbonyl (C=O) groups excluding carboxylic acids is 1. The number of aromatic hydroxyl groups is 1. The topological polar surface area (TPSA) is 46.5 Å². The van der Waals surface area contributed by atoms with Gasteiger partial charge in [-0.25, -0.2) is 4.79 Å². The lowest BCUT2D eigenvalue weighted by Gasteiger charge is -2.13. The monoisotopic (exact) mass is 220 g/mol. The van der Waals surface area contributed by atoms with Crippen molar-refractivity contribution in [3.63, 3.8) is 0 Å². The van der Waals surface area contributed by atoms with Gasteiger partial charge >= 0.3 is 5.97 Å². The Kier molecular flexibility index (Phi) is 3.38. The molecule has 0 aliphatic heterocycles. The standard InChI is InChI=1S/C13H16O3/c1-7(2)13(15)16-12-8(3)6-11(14)9(4)10(12)5/h6,14H,1H2,2-5H3. The molecule has 3 heteroatoms. The number of phenolic OH excluding ortho intramolecular Hbond substituents is 1. The number of phenols is 1. The van der Waals surface area contributed by atoms with Crippen molar-refractivity contribution in [3.8, 4) is 11.5 Å². The summed E-state index contributed by atoms with van der Waals surface area (Å²) in [5.41, 5.74) is 2.57. The maximum Gasteiger partial charge on any atom is 0.338 e. The zero-order valence-corrected chi connectivity index (χ0v) is 10.0. The van der Waals surface area contributed by atoms with Crippen molar-refractivity contribution in [2.75, 3.05) is 0 Å². The van der Waals surface area contributed by atoms with Crippen LogP contribution in [0.2, 0.25) is 0 Å². The molecule has 0 bridgehead atoms. The Labute approximate surface area is 95.4 Å². The summed E-state index contributed by atoms with van der Waals surface area (Å²) in [7, 11) is 0. The largest absolute Gasteiger partial charge is 0.508 e. The number of carbonyl (C=O) groups is 1. The van der Waals surface area contributed by atoms with Crippen molar-refractivity contribution in [2.45, 2.75) is 27.7 Å². The first-order valence-corrected chi connectivity index (χ1v) is 5.02. The molecule has 1 aromatic carbocycles. The molecule has 86 valence electrons. The Morgan fingerprint density at radius 3 is 2.38 bits per heavy atom. The number of ether oxygens (including phenoxy) is 1. The molecule has 0 heterocycles. The predicted octanol–water partition coefficient (Wildman–Crippen LogP) is 2.80. The van der Waals surface area contributed by atoms with Crippen LogP contribution in [0.1, 0.15) is 23.6 Å². The van der Waals surface area contributed by atoms with Gasteiger partial charge in [0.15, 0.2) is 0 Å². The van der Waals surface area contributed by atoms with Crippen molar-refractivity contribution >= 4 is 5.97 Å². The van der Waals surface area contributed by atoms with Crippen LogP contribution in [0.3, 0.4) is 0 Å². The fourth-order valence-corrected chi connectivity index (χ4v) is 1.37. The minimum atomic E-state index is -0.448. The number of hydrogen-bond acceptors (Lipinski definition) is 3. The van der Waals surface area contributed by atoms with Crippen molar-refractivity contribution in [1.82, 2.24) is 0 Å². The lowest BCUT2D eigenvalue weighted by molar-refractivity contribution is -0.130. The summed E-state index contributed by atoms with van der Waals surface area (Å²) in [5, 5.41) is 9.59. The van der Waals surface area contributed by atoms with Gasteiger partial charge in [0.2, 0.25) is 0 Å². The van der Waals surface area contributed by atoms with Crippen molar-refractivity contribution in [1.29, 1.82) is 0 Å². The van der Waals surface area contributed by atoms with E-state index in [9.17, 15) is 9.90 Å². The van der Waals surface area contributed by atoms with Crippen LogP contribution in [-0.4, -0.2) is 11.1 Å². The third-order valence-corrected chi connectivity index (χ3v) is 2.54. The van der Waals surface area contributed by atoms with Crippen LogP contribution >= 0.6 is 0 Å². The van der Waals surface area contributed by atoms with E-state index in [1.807, 2.05) is 6.92 Å². The summed E-state index contributed by atoms with van der Waals surface area (Å²) < 4.78 is 5.22. The molecule has 0 aliphatic carbocycles. The molecule has 0 fully saturated rings. The lowest BCUT2D eigenvalue weighted by atomic mass is 10.0.